The fourth-order valence-corrected chi connectivity index (χ4v) is 5.82. The molecule has 0 aromatic heterocycles. The number of anilines is 1. The van der Waals surface area contributed by atoms with Gasteiger partial charge in [0.2, 0.25) is 15.9 Å². The van der Waals surface area contributed by atoms with Crippen molar-refractivity contribution in [1.82, 2.24) is 9.21 Å². The molecule has 0 saturated carbocycles. The molecule has 8 heteroatoms. The Kier molecular flexibility index (Phi) is 6.75. The molecule has 1 amide bonds. The molecule has 2 atom stereocenters. The molecule has 0 bridgehead atoms. The number of benzene rings is 1. The molecule has 2 aliphatic heterocycles. The van der Waals surface area contributed by atoms with Crippen molar-refractivity contribution in [3.05, 3.63) is 24.3 Å². The molecule has 2 N–H and O–H groups in total. The summed E-state index contributed by atoms with van der Waals surface area (Å²) in [5.41, 5.74) is 0.585. The molecular weight excluding hydrogens is 378 g/mol. The van der Waals surface area contributed by atoms with Crippen molar-refractivity contribution in [1.29, 1.82) is 0 Å². The van der Waals surface area contributed by atoms with Gasteiger partial charge in [-0.3, -0.25) is 9.69 Å². The van der Waals surface area contributed by atoms with Gasteiger partial charge in [-0.05, 0) is 55.4 Å². The number of carbonyl (C=O) groups excluding carboxylic acids is 1. The fraction of sp³-hybridized carbons (Fsp3) is 0.650. The summed E-state index contributed by atoms with van der Waals surface area (Å²) in [7, 11) is -3.51. The lowest BCUT2D eigenvalue weighted by Crippen LogP contribution is -2.42. The Morgan fingerprint density at radius 2 is 1.68 bits per heavy atom. The van der Waals surface area contributed by atoms with Crippen molar-refractivity contribution in [2.75, 3.05) is 38.0 Å². The predicted octanol–water partition coefficient (Wildman–Crippen LogP) is 1.75. The summed E-state index contributed by atoms with van der Waals surface area (Å²) >= 11 is 0. The van der Waals surface area contributed by atoms with E-state index in [2.05, 4.69) is 19.2 Å². The van der Waals surface area contributed by atoms with Crippen LogP contribution in [0.1, 0.15) is 33.1 Å². The zero-order chi connectivity index (χ0) is 20.3. The average Bonchev–Trinajstić information content (AvgIpc) is 2.63. The molecule has 2 saturated heterocycles. The van der Waals surface area contributed by atoms with Gasteiger partial charge >= 0.3 is 0 Å². The van der Waals surface area contributed by atoms with E-state index in [1.165, 1.54) is 0 Å². The summed E-state index contributed by atoms with van der Waals surface area (Å²) in [6.45, 7) is 6.96. The van der Waals surface area contributed by atoms with E-state index in [1.807, 2.05) is 4.90 Å². The molecule has 1 aromatic carbocycles. The van der Waals surface area contributed by atoms with Gasteiger partial charge in [0.05, 0.1) is 17.5 Å². The van der Waals surface area contributed by atoms with Gasteiger partial charge in [-0.1, -0.05) is 13.8 Å². The van der Waals surface area contributed by atoms with Crippen molar-refractivity contribution in [3.63, 3.8) is 0 Å². The lowest BCUT2D eigenvalue weighted by molar-refractivity contribution is -0.117. The molecule has 7 nitrogen and oxygen atoms in total. The Hall–Kier alpha value is -1.48. The van der Waals surface area contributed by atoms with Gasteiger partial charge in [-0.2, -0.15) is 4.31 Å². The minimum absolute atomic E-state index is 0.134. The average molecular weight is 410 g/mol. The first kappa shape index (κ1) is 21.2. The summed E-state index contributed by atoms with van der Waals surface area (Å²) < 4.78 is 27.4. The maximum Gasteiger partial charge on any atom is 0.243 e. The van der Waals surface area contributed by atoms with Gasteiger partial charge in [-0.15, -0.1) is 0 Å². The van der Waals surface area contributed by atoms with Crippen LogP contribution in [0.2, 0.25) is 0 Å². The van der Waals surface area contributed by atoms with Crippen LogP contribution in [0.5, 0.6) is 0 Å². The van der Waals surface area contributed by atoms with E-state index in [0.29, 0.717) is 56.5 Å². The quantitative estimate of drug-likeness (QED) is 0.773. The Balaban J connectivity index is 1.59. The molecule has 0 radical (unpaired) electrons. The largest absolute Gasteiger partial charge is 0.393 e. The molecular formula is C20H31N3O4S. The van der Waals surface area contributed by atoms with Crippen molar-refractivity contribution < 1.29 is 18.3 Å². The van der Waals surface area contributed by atoms with Crippen LogP contribution in [0.3, 0.4) is 0 Å². The molecule has 2 unspecified atom stereocenters. The molecule has 1 aromatic rings. The van der Waals surface area contributed by atoms with Crippen LogP contribution in [0.4, 0.5) is 5.69 Å². The Morgan fingerprint density at radius 3 is 2.25 bits per heavy atom. The number of sulfonamides is 1. The number of rotatable bonds is 5. The van der Waals surface area contributed by atoms with E-state index in [9.17, 15) is 18.3 Å². The number of hydrogen-bond acceptors (Lipinski definition) is 5. The molecule has 2 fully saturated rings. The molecule has 28 heavy (non-hydrogen) atoms. The minimum atomic E-state index is -3.51. The van der Waals surface area contributed by atoms with Crippen LogP contribution >= 0.6 is 0 Å². The minimum Gasteiger partial charge on any atom is -0.393 e. The Bertz CT molecular complexity index is 763. The lowest BCUT2D eigenvalue weighted by atomic mass is 9.94. The summed E-state index contributed by atoms with van der Waals surface area (Å²) in [6, 6.07) is 6.40. The van der Waals surface area contributed by atoms with Gasteiger partial charge in [0.15, 0.2) is 0 Å². The van der Waals surface area contributed by atoms with E-state index < -0.39 is 10.0 Å². The number of piperidine rings is 2. The van der Waals surface area contributed by atoms with E-state index >= 15 is 0 Å². The topological polar surface area (TPSA) is 90.0 Å². The summed E-state index contributed by atoms with van der Waals surface area (Å²) in [5.74, 6) is 0.576. The molecule has 2 aliphatic rings. The highest BCUT2D eigenvalue weighted by molar-refractivity contribution is 7.89. The second kappa shape index (κ2) is 8.90. The summed E-state index contributed by atoms with van der Waals surface area (Å²) in [5, 5.41) is 12.4. The number of likely N-dealkylation sites (tertiary alicyclic amines) is 1. The van der Waals surface area contributed by atoms with Crippen molar-refractivity contribution in [2.24, 2.45) is 11.8 Å². The molecule has 2 heterocycles. The third kappa shape index (κ3) is 5.31. The monoisotopic (exact) mass is 409 g/mol. The lowest BCUT2D eigenvalue weighted by Gasteiger charge is -2.34. The zero-order valence-corrected chi connectivity index (χ0v) is 17.5. The second-order valence-electron chi connectivity index (χ2n) is 8.35. The number of nitrogens with one attached hydrogen (secondary N) is 1. The van der Waals surface area contributed by atoms with Crippen LogP contribution in [-0.2, 0) is 14.8 Å². The molecule has 0 aliphatic carbocycles. The Morgan fingerprint density at radius 1 is 1.11 bits per heavy atom. The van der Waals surface area contributed by atoms with E-state index in [-0.39, 0.29) is 23.5 Å². The normalized spacial score (nSPS) is 25.5. The first-order valence-corrected chi connectivity index (χ1v) is 11.5. The highest BCUT2D eigenvalue weighted by Gasteiger charge is 2.31. The molecule has 156 valence electrons. The highest BCUT2D eigenvalue weighted by atomic mass is 32.2. The Labute approximate surface area is 167 Å². The SMILES string of the molecule is CC1CC(C)CN(S(=O)(=O)c2ccc(NC(=O)CN3CCC(O)CC3)cc2)C1. The van der Waals surface area contributed by atoms with E-state index in [0.717, 1.165) is 6.42 Å². The number of carbonyl (C=O) groups is 1. The molecule has 0 spiro atoms. The van der Waals surface area contributed by atoms with Crippen LogP contribution < -0.4 is 5.32 Å². The standard InChI is InChI=1S/C20H31N3O4S/c1-15-11-16(2)13-23(12-15)28(26,27)19-5-3-17(4-6-19)21-20(25)14-22-9-7-18(24)8-10-22/h3-6,15-16,18,24H,7-14H2,1-2H3,(H,21,25). The number of hydrogen-bond donors (Lipinski definition) is 2. The van der Waals surface area contributed by atoms with Gasteiger partial charge < -0.3 is 10.4 Å². The maximum absolute atomic E-state index is 12.9. The third-order valence-corrected chi connectivity index (χ3v) is 7.38. The first-order chi connectivity index (χ1) is 13.2. The van der Waals surface area contributed by atoms with Gasteiger partial charge in [-0.25, -0.2) is 8.42 Å². The van der Waals surface area contributed by atoms with Crippen molar-refractivity contribution in [3.8, 4) is 0 Å². The van der Waals surface area contributed by atoms with Gasteiger partial charge in [0, 0.05) is 31.9 Å². The second-order valence-corrected chi connectivity index (χ2v) is 10.3. The third-order valence-electron chi connectivity index (χ3n) is 5.54. The maximum atomic E-state index is 12.9. The van der Waals surface area contributed by atoms with E-state index in [4.69, 9.17) is 0 Å². The van der Waals surface area contributed by atoms with Crippen LogP contribution in [-0.4, -0.2) is 67.5 Å². The number of aliphatic hydroxyl groups excluding tert-OH is 1. The zero-order valence-electron chi connectivity index (χ0n) is 16.7. The van der Waals surface area contributed by atoms with Crippen LogP contribution in [0.15, 0.2) is 29.2 Å². The smallest absolute Gasteiger partial charge is 0.243 e. The predicted molar refractivity (Wildman–Crippen MR) is 108 cm³/mol. The van der Waals surface area contributed by atoms with Crippen molar-refractivity contribution >= 4 is 21.6 Å². The fourth-order valence-electron chi connectivity index (χ4n) is 4.14. The number of amides is 1. The van der Waals surface area contributed by atoms with Crippen LogP contribution in [0, 0.1) is 11.8 Å². The summed E-state index contributed by atoms with van der Waals surface area (Å²) in [4.78, 5) is 14.5. The number of aliphatic hydroxyl groups is 1. The van der Waals surface area contributed by atoms with E-state index in [1.54, 1.807) is 28.6 Å². The first-order valence-electron chi connectivity index (χ1n) is 10.0. The highest BCUT2D eigenvalue weighted by Crippen LogP contribution is 2.27. The summed E-state index contributed by atoms with van der Waals surface area (Å²) in [6.07, 6.45) is 2.16. The molecule has 3 rings (SSSR count). The van der Waals surface area contributed by atoms with Gasteiger partial charge in [0.1, 0.15) is 0 Å². The van der Waals surface area contributed by atoms with Crippen molar-refractivity contribution in [2.45, 2.75) is 44.1 Å². The van der Waals surface area contributed by atoms with Crippen LogP contribution in [0.25, 0.3) is 0 Å². The van der Waals surface area contributed by atoms with Gasteiger partial charge in [0.25, 0.3) is 0 Å². The number of nitrogens with zero attached hydrogens (tertiary/aromatic N) is 2.